The maximum atomic E-state index is 12.0. The predicted octanol–water partition coefficient (Wildman–Crippen LogP) is 2.87. The molecule has 1 heterocycles. The Morgan fingerprint density at radius 2 is 2.47 bits per heavy atom. The largest absolute Gasteiger partial charge is 0.273 e. The SMILES string of the molecule is CC(C)CONC(=O)C1CCCc2sccc21. The van der Waals surface area contributed by atoms with Crippen LogP contribution < -0.4 is 5.48 Å². The Morgan fingerprint density at radius 3 is 3.24 bits per heavy atom. The van der Waals surface area contributed by atoms with E-state index in [0.29, 0.717) is 12.5 Å². The fourth-order valence-corrected chi connectivity index (χ4v) is 3.10. The van der Waals surface area contributed by atoms with Crippen LogP contribution in [0.1, 0.15) is 43.0 Å². The van der Waals surface area contributed by atoms with Gasteiger partial charge in [-0.15, -0.1) is 11.3 Å². The van der Waals surface area contributed by atoms with Crippen LogP contribution in [0.15, 0.2) is 11.4 Å². The van der Waals surface area contributed by atoms with E-state index in [-0.39, 0.29) is 11.8 Å². The van der Waals surface area contributed by atoms with Crippen molar-refractivity contribution in [1.29, 1.82) is 0 Å². The van der Waals surface area contributed by atoms with Crippen molar-refractivity contribution in [2.45, 2.75) is 39.0 Å². The van der Waals surface area contributed by atoms with Crippen molar-refractivity contribution in [3.63, 3.8) is 0 Å². The molecule has 0 aromatic carbocycles. The van der Waals surface area contributed by atoms with Gasteiger partial charge in [-0.3, -0.25) is 9.63 Å². The molecule has 94 valence electrons. The molecule has 1 atom stereocenters. The molecule has 0 aliphatic heterocycles. The predicted molar refractivity (Wildman–Crippen MR) is 68.9 cm³/mol. The molecule has 0 radical (unpaired) electrons. The highest BCUT2D eigenvalue weighted by atomic mass is 32.1. The van der Waals surface area contributed by atoms with Gasteiger partial charge >= 0.3 is 0 Å². The van der Waals surface area contributed by atoms with Gasteiger partial charge < -0.3 is 0 Å². The smallest absolute Gasteiger partial charge is 0.251 e. The monoisotopic (exact) mass is 253 g/mol. The summed E-state index contributed by atoms with van der Waals surface area (Å²) in [6.45, 7) is 4.68. The third kappa shape index (κ3) is 3.07. The topological polar surface area (TPSA) is 38.3 Å². The van der Waals surface area contributed by atoms with E-state index in [0.717, 1.165) is 19.3 Å². The normalized spacial score (nSPS) is 19.1. The first-order chi connectivity index (χ1) is 8.18. The second kappa shape index (κ2) is 5.65. The molecular formula is C13H19NO2S. The molecule has 0 spiro atoms. The number of fused-ring (bicyclic) bond motifs is 1. The molecule has 0 saturated carbocycles. The molecule has 1 amide bonds. The maximum Gasteiger partial charge on any atom is 0.251 e. The fraction of sp³-hybridized carbons (Fsp3) is 0.615. The molecule has 4 heteroatoms. The van der Waals surface area contributed by atoms with E-state index in [9.17, 15) is 4.79 Å². The van der Waals surface area contributed by atoms with E-state index < -0.39 is 0 Å². The average molecular weight is 253 g/mol. The summed E-state index contributed by atoms with van der Waals surface area (Å²) in [6, 6.07) is 2.08. The third-order valence-electron chi connectivity index (χ3n) is 2.96. The summed E-state index contributed by atoms with van der Waals surface area (Å²) in [5, 5.41) is 2.07. The number of amides is 1. The molecule has 17 heavy (non-hydrogen) atoms. The van der Waals surface area contributed by atoms with E-state index in [1.165, 1.54) is 10.4 Å². The van der Waals surface area contributed by atoms with Gasteiger partial charge in [0, 0.05) is 4.88 Å². The molecule has 1 aromatic rings. The first-order valence-electron chi connectivity index (χ1n) is 6.16. The molecule has 1 aromatic heterocycles. The number of carbonyl (C=O) groups excluding carboxylic acids is 1. The van der Waals surface area contributed by atoms with Gasteiger partial charge in [-0.25, -0.2) is 5.48 Å². The zero-order valence-electron chi connectivity index (χ0n) is 10.4. The first kappa shape index (κ1) is 12.6. The standard InChI is InChI=1S/C13H19NO2S/c1-9(2)8-16-14-13(15)11-4-3-5-12-10(11)6-7-17-12/h6-7,9,11H,3-5,8H2,1-2H3,(H,14,15). The van der Waals surface area contributed by atoms with Crippen LogP contribution in [0.5, 0.6) is 0 Å². The maximum absolute atomic E-state index is 12.0. The van der Waals surface area contributed by atoms with Gasteiger partial charge in [0.2, 0.25) is 0 Å². The molecule has 0 saturated heterocycles. The Hall–Kier alpha value is -0.870. The number of hydrogen-bond donors (Lipinski definition) is 1. The highest BCUT2D eigenvalue weighted by molar-refractivity contribution is 7.10. The molecular weight excluding hydrogens is 234 g/mol. The van der Waals surface area contributed by atoms with Gasteiger partial charge in [0.25, 0.3) is 5.91 Å². The number of hydrogen-bond acceptors (Lipinski definition) is 3. The lowest BCUT2D eigenvalue weighted by Crippen LogP contribution is -2.32. The first-order valence-corrected chi connectivity index (χ1v) is 7.04. The van der Waals surface area contributed by atoms with Crippen molar-refractivity contribution >= 4 is 17.2 Å². The lowest BCUT2D eigenvalue weighted by atomic mass is 9.87. The minimum absolute atomic E-state index is 0.00463. The zero-order chi connectivity index (χ0) is 12.3. The average Bonchev–Trinajstić information content (AvgIpc) is 2.75. The molecule has 1 N–H and O–H groups in total. The highest BCUT2D eigenvalue weighted by Gasteiger charge is 2.27. The minimum atomic E-state index is -0.0165. The second-order valence-corrected chi connectivity index (χ2v) is 5.92. The summed E-state index contributed by atoms with van der Waals surface area (Å²) in [7, 11) is 0. The number of carbonyl (C=O) groups is 1. The van der Waals surface area contributed by atoms with Gasteiger partial charge in [0.15, 0.2) is 0 Å². The van der Waals surface area contributed by atoms with E-state index >= 15 is 0 Å². The van der Waals surface area contributed by atoms with Crippen LogP contribution in [0.4, 0.5) is 0 Å². The lowest BCUT2D eigenvalue weighted by molar-refractivity contribution is -0.136. The summed E-state index contributed by atoms with van der Waals surface area (Å²) in [4.78, 5) is 18.6. The van der Waals surface area contributed by atoms with Crippen LogP contribution in [-0.2, 0) is 16.1 Å². The number of nitrogens with one attached hydrogen (secondary N) is 1. The second-order valence-electron chi connectivity index (χ2n) is 4.92. The van der Waals surface area contributed by atoms with Gasteiger partial charge in [-0.1, -0.05) is 13.8 Å². The van der Waals surface area contributed by atoms with E-state index in [2.05, 4.69) is 30.8 Å². The molecule has 2 rings (SSSR count). The van der Waals surface area contributed by atoms with Crippen LogP contribution in [-0.4, -0.2) is 12.5 Å². The van der Waals surface area contributed by atoms with Crippen molar-refractivity contribution in [2.75, 3.05) is 6.61 Å². The van der Waals surface area contributed by atoms with Crippen molar-refractivity contribution in [3.05, 3.63) is 21.9 Å². The van der Waals surface area contributed by atoms with E-state index in [1.54, 1.807) is 11.3 Å². The van der Waals surface area contributed by atoms with Crippen molar-refractivity contribution in [2.24, 2.45) is 5.92 Å². The van der Waals surface area contributed by atoms with Crippen molar-refractivity contribution < 1.29 is 9.63 Å². The van der Waals surface area contributed by atoms with Gasteiger partial charge in [0.1, 0.15) is 0 Å². The van der Waals surface area contributed by atoms with Crippen LogP contribution in [0.2, 0.25) is 0 Å². The molecule has 1 aliphatic carbocycles. The third-order valence-corrected chi connectivity index (χ3v) is 3.95. The Kier molecular flexibility index (Phi) is 4.18. The van der Waals surface area contributed by atoms with E-state index in [4.69, 9.17) is 4.84 Å². The quantitative estimate of drug-likeness (QED) is 0.838. The summed E-state index contributed by atoms with van der Waals surface area (Å²) in [5.74, 6) is 0.417. The molecule has 0 bridgehead atoms. The molecule has 1 unspecified atom stereocenters. The number of aryl methyl sites for hydroxylation is 1. The minimum Gasteiger partial charge on any atom is -0.273 e. The summed E-state index contributed by atoms with van der Waals surface area (Å²) >= 11 is 1.75. The fourth-order valence-electron chi connectivity index (χ4n) is 2.11. The summed E-state index contributed by atoms with van der Waals surface area (Å²) in [6.07, 6.45) is 3.14. The Morgan fingerprint density at radius 1 is 1.65 bits per heavy atom. The molecule has 0 fully saturated rings. The van der Waals surface area contributed by atoms with E-state index in [1.807, 2.05) is 0 Å². The van der Waals surface area contributed by atoms with Crippen molar-refractivity contribution in [3.8, 4) is 0 Å². The van der Waals surface area contributed by atoms with Crippen molar-refractivity contribution in [1.82, 2.24) is 5.48 Å². The Balaban J connectivity index is 1.93. The summed E-state index contributed by atoms with van der Waals surface area (Å²) < 4.78 is 0. The van der Waals surface area contributed by atoms with Crippen LogP contribution in [0, 0.1) is 5.92 Å². The Bertz CT molecular complexity index is 387. The number of thiophene rings is 1. The number of rotatable bonds is 4. The molecule has 1 aliphatic rings. The Labute approximate surface area is 106 Å². The van der Waals surface area contributed by atoms with Gasteiger partial charge in [0.05, 0.1) is 12.5 Å². The summed E-state index contributed by atoms with van der Waals surface area (Å²) in [5.41, 5.74) is 3.78. The highest BCUT2D eigenvalue weighted by Crippen LogP contribution is 2.34. The van der Waals surface area contributed by atoms with Crippen LogP contribution in [0.3, 0.4) is 0 Å². The zero-order valence-corrected chi connectivity index (χ0v) is 11.2. The van der Waals surface area contributed by atoms with Gasteiger partial charge in [-0.05, 0) is 42.2 Å². The van der Waals surface area contributed by atoms with Crippen LogP contribution >= 0.6 is 11.3 Å². The van der Waals surface area contributed by atoms with Gasteiger partial charge in [-0.2, -0.15) is 0 Å². The van der Waals surface area contributed by atoms with Crippen LogP contribution in [0.25, 0.3) is 0 Å². The number of hydroxylamine groups is 1. The lowest BCUT2D eigenvalue weighted by Gasteiger charge is -2.21. The molecule has 3 nitrogen and oxygen atoms in total.